The van der Waals surface area contributed by atoms with Crippen LogP contribution in [0.25, 0.3) is 0 Å². The van der Waals surface area contributed by atoms with E-state index in [4.69, 9.17) is 23.2 Å². The number of carbonyl (C=O) groups excluding carboxylic acids is 1. The molecular formula is C16H14Cl2O. The Morgan fingerprint density at radius 2 is 1.63 bits per heavy atom. The summed E-state index contributed by atoms with van der Waals surface area (Å²) < 4.78 is 0. The van der Waals surface area contributed by atoms with E-state index >= 15 is 0 Å². The Morgan fingerprint density at radius 1 is 1.05 bits per heavy atom. The van der Waals surface area contributed by atoms with Gasteiger partial charge in [-0.05, 0) is 42.1 Å². The van der Waals surface area contributed by atoms with Crippen molar-refractivity contribution in [2.24, 2.45) is 0 Å². The molecule has 0 heterocycles. The summed E-state index contributed by atoms with van der Waals surface area (Å²) in [6.45, 7) is 1.83. The highest BCUT2D eigenvalue weighted by Gasteiger charge is 2.35. The molecule has 0 aliphatic heterocycles. The lowest BCUT2D eigenvalue weighted by atomic mass is 9.78. The summed E-state index contributed by atoms with van der Waals surface area (Å²) in [5.74, 6) is 0. The predicted octanol–water partition coefficient (Wildman–Crippen LogP) is 4.61. The van der Waals surface area contributed by atoms with Crippen molar-refractivity contribution in [3.8, 4) is 0 Å². The Labute approximate surface area is 123 Å². The van der Waals surface area contributed by atoms with E-state index in [-0.39, 0.29) is 0 Å². The van der Waals surface area contributed by atoms with Crippen LogP contribution < -0.4 is 0 Å². The molecule has 3 heteroatoms. The molecule has 0 aliphatic rings. The molecule has 0 aliphatic carbocycles. The molecule has 0 saturated heterocycles. The monoisotopic (exact) mass is 292 g/mol. The van der Waals surface area contributed by atoms with E-state index in [0.717, 1.165) is 11.1 Å². The first-order valence-corrected chi connectivity index (χ1v) is 6.78. The van der Waals surface area contributed by atoms with Crippen LogP contribution in [0.2, 0.25) is 5.02 Å². The van der Waals surface area contributed by atoms with Crippen LogP contribution in [0.15, 0.2) is 54.6 Å². The molecule has 0 N–H and O–H groups in total. The number of halogens is 2. The van der Waals surface area contributed by atoms with Gasteiger partial charge in [-0.2, -0.15) is 0 Å². The van der Waals surface area contributed by atoms with Gasteiger partial charge in [-0.1, -0.05) is 60.1 Å². The number of benzene rings is 2. The van der Waals surface area contributed by atoms with E-state index in [2.05, 4.69) is 0 Å². The molecule has 0 amide bonds. The molecule has 0 saturated carbocycles. The van der Waals surface area contributed by atoms with Gasteiger partial charge in [0.2, 0.25) is 5.24 Å². The minimum absolute atomic E-state index is 0.399. The van der Waals surface area contributed by atoms with Gasteiger partial charge < -0.3 is 0 Å². The maximum Gasteiger partial charge on any atom is 0.232 e. The zero-order chi connectivity index (χ0) is 13.9. The van der Waals surface area contributed by atoms with Crippen LogP contribution in [-0.4, -0.2) is 5.24 Å². The van der Waals surface area contributed by atoms with Crippen molar-refractivity contribution in [2.75, 3.05) is 0 Å². The lowest BCUT2D eigenvalue weighted by Gasteiger charge is -2.27. The maximum absolute atomic E-state index is 11.9. The highest BCUT2D eigenvalue weighted by molar-refractivity contribution is 6.65. The van der Waals surface area contributed by atoms with Crippen molar-refractivity contribution >= 4 is 28.4 Å². The third kappa shape index (κ3) is 2.99. The average molecular weight is 293 g/mol. The van der Waals surface area contributed by atoms with Crippen LogP contribution >= 0.6 is 23.2 Å². The maximum atomic E-state index is 11.9. The van der Waals surface area contributed by atoms with Crippen LogP contribution in [0.4, 0.5) is 0 Å². The standard InChI is InChI=1S/C16H14Cl2O/c1-16(15(18)19,11-12-7-3-2-4-8-12)13-9-5-6-10-14(13)17/h2-10H,11H2,1H3. The van der Waals surface area contributed by atoms with Crippen molar-refractivity contribution in [1.29, 1.82) is 0 Å². The van der Waals surface area contributed by atoms with Crippen molar-refractivity contribution in [3.63, 3.8) is 0 Å². The fourth-order valence-electron chi connectivity index (χ4n) is 2.18. The Morgan fingerprint density at radius 3 is 2.21 bits per heavy atom. The summed E-state index contributed by atoms with van der Waals surface area (Å²) in [6.07, 6.45) is 0.528. The summed E-state index contributed by atoms with van der Waals surface area (Å²) in [4.78, 5) is 11.9. The quantitative estimate of drug-likeness (QED) is 0.753. The molecule has 1 unspecified atom stereocenters. The SMILES string of the molecule is CC(Cc1ccccc1)(C(=O)Cl)c1ccccc1Cl. The Hall–Kier alpha value is -1.31. The lowest BCUT2D eigenvalue weighted by Crippen LogP contribution is -2.32. The second kappa shape index (κ2) is 5.77. The topological polar surface area (TPSA) is 17.1 Å². The van der Waals surface area contributed by atoms with Crippen molar-refractivity contribution in [3.05, 3.63) is 70.7 Å². The molecule has 0 aromatic heterocycles. The van der Waals surface area contributed by atoms with E-state index in [1.54, 1.807) is 6.07 Å². The molecule has 0 bridgehead atoms. The van der Waals surface area contributed by atoms with E-state index in [1.807, 2.05) is 55.5 Å². The highest BCUT2D eigenvalue weighted by atomic mass is 35.5. The molecule has 2 aromatic carbocycles. The summed E-state index contributed by atoms with van der Waals surface area (Å²) in [7, 11) is 0. The summed E-state index contributed by atoms with van der Waals surface area (Å²) >= 11 is 12.1. The van der Waals surface area contributed by atoms with E-state index < -0.39 is 10.7 Å². The van der Waals surface area contributed by atoms with Crippen molar-refractivity contribution in [2.45, 2.75) is 18.8 Å². The molecule has 0 spiro atoms. The van der Waals surface area contributed by atoms with Gasteiger partial charge in [0.25, 0.3) is 0 Å². The fourth-order valence-corrected chi connectivity index (χ4v) is 2.70. The molecule has 0 radical (unpaired) electrons. The van der Waals surface area contributed by atoms with Crippen molar-refractivity contribution in [1.82, 2.24) is 0 Å². The average Bonchev–Trinajstić information content (AvgIpc) is 2.40. The van der Waals surface area contributed by atoms with Gasteiger partial charge >= 0.3 is 0 Å². The third-order valence-corrected chi connectivity index (χ3v) is 4.05. The van der Waals surface area contributed by atoms with Gasteiger partial charge in [-0.25, -0.2) is 0 Å². The van der Waals surface area contributed by atoms with E-state index in [0.29, 0.717) is 11.4 Å². The Balaban J connectivity index is 2.45. The molecule has 1 nitrogen and oxygen atoms in total. The first kappa shape index (κ1) is 14.1. The molecule has 1 atom stereocenters. The van der Waals surface area contributed by atoms with E-state index in [1.165, 1.54) is 0 Å². The molecule has 0 fully saturated rings. The van der Waals surface area contributed by atoms with Gasteiger partial charge in [0.1, 0.15) is 0 Å². The second-order valence-electron chi connectivity index (χ2n) is 4.75. The molecule has 19 heavy (non-hydrogen) atoms. The zero-order valence-electron chi connectivity index (χ0n) is 10.6. The van der Waals surface area contributed by atoms with Crippen LogP contribution in [0.5, 0.6) is 0 Å². The first-order valence-electron chi connectivity index (χ1n) is 6.03. The number of rotatable bonds is 4. The number of hydrogen-bond acceptors (Lipinski definition) is 1. The largest absolute Gasteiger partial charge is 0.280 e. The Bertz CT molecular complexity index is 580. The third-order valence-electron chi connectivity index (χ3n) is 3.30. The van der Waals surface area contributed by atoms with Gasteiger partial charge in [0.15, 0.2) is 0 Å². The van der Waals surface area contributed by atoms with Crippen LogP contribution in [0.1, 0.15) is 18.1 Å². The zero-order valence-corrected chi connectivity index (χ0v) is 12.1. The smallest absolute Gasteiger partial charge is 0.232 e. The predicted molar refractivity (Wildman–Crippen MR) is 79.8 cm³/mol. The van der Waals surface area contributed by atoms with Crippen molar-refractivity contribution < 1.29 is 4.79 Å². The van der Waals surface area contributed by atoms with Gasteiger partial charge in [-0.15, -0.1) is 0 Å². The van der Waals surface area contributed by atoms with Crippen LogP contribution in [-0.2, 0) is 16.6 Å². The molecule has 2 rings (SSSR count). The normalized spacial score (nSPS) is 13.8. The molecule has 98 valence electrons. The summed E-state index contributed by atoms with van der Waals surface area (Å²) in [5, 5.41) is 0.166. The minimum Gasteiger partial charge on any atom is -0.280 e. The lowest BCUT2D eigenvalue weighted by molar-refractivity contribution is -0.116. The van der Waals surface area contributed by atoms with E-state index in [9.17, 15) is 4.79 Å². The summed E-state index contributed by atoms with van der Waals surface area (Å²) in [5.41, 5.74) is 1.00. The van der Waals surface area contributed by atoms with Gasteiger partial charge in [-0.3, -0.25) is 4.79 Å². The van der Waals surface area contributed by atoms with Crippen LogP contribution in [0, 0.1) is 0 Å². The molecule has 2 aromatic rings. The molecular weight excluding hydrogens is 279 g/mol. The summed E-state index contributed by atoms with van der Waals surface area (Å²) in [6, 6.07) is 17.1. The Kier molecular flexibility index (Phi) is 4.28. The number of carbonyl (C=O) groups is 1. The highest BCUT2D eigenvalue weighted by Crippen LogP contribution is 2.35. The van der Waals surface area contributed by atoms with Gasteiger partial charge in [0.05, 0.1) is 5.41 Å². The van der Waals surface area contributed by atoms with Gasteiger partial charge in [0, 0.05) is 5.02 Å². The number of hydrogen-bond donors (Lipinski definition) is 0. The fraction of sp³-hybridized carbons (Fsp3) is 0.188. The minimum atomic E-state index is -0.818. The van der Waals surface area contributed by atoms with Crippen LogP contribution in [0.3, 0.4) is 0 Å². The second-order valence-corrected chi connectivity index (χ2v) is 5.50. The first-order chi connectivity index (χ1) is 9.04.